The Labute approximate surface area is 152 Å². The van der Waals surface area contributed by atoms with E-state index in [4.69, 9.17) is 9.47 Å². The average Bonchev–Trinajstić information content (AvgIpc) is 3.05. The maximum Gasteiger partial charge on any atom is 0.475 e. The van der Waals surface area contributed by atoms with Crippen molar-refractivity contribution in [2.24, 2.45) is 0 Å². The number of fused-ring (bicyclic) bond motifs is 1. The maximum absolute atomic E-state index is 12.1. The van der Waals surface area contributed by atoms with Crippen LogP contribution in [-0.2, 0) is 4.79 Å². The van der Waals surface area contributed by atoms with Crippen LogP contribution in [0.3, 0.4) is 0 Å². The highest BCUT2D eigenvalue weighted by Crippen LogP contribution is 2.36. The number of carbonyl (C=O) groups is 1. The van der Waals surface area contributed by atoms with Gasteiger partial charge in [-0.2, -0.15) is 0 Å². The SMILES string of the molecule is O=C(CCOc1ccccc1)NC(C[C@@H]1COc2ccccc21)B(O)O. The molecule has 0 fully saturated rings. The van der Waals surface area contributed by atoms with Gasteiger partial charge in [-0.1, -0.05) is 36.4 Å². The standard InChI is InChI=1S/C19H22BNO5/c22-19(10-11-25-15-6-2-1-3-7-15)21-18(20(23)24)12-14-13-26-17-9-5-4-8-16(14)17/h1-9,14,18,23-24H,10-13H2,(H,21,22)/t14-,18?/m1/s1. The molecule has 136 valence electrons. The quantitative estimate of drug-likeness (QED) is 0.625. The van der Waals surface area contributed by atoms with Crippen LogP contribution in [0.1, 0.15) is 24.3 Å². The van der Waals surface area contributed by atoms with Crippen molar-refractivity contribution in [3.8, 4) is 11.5 Å². The number of nitrogens with one attached hydrogen (secondary N) is 1. The Morgan fingerprint density at radius 3 is 2.69 bits per heavy atom. The molecule has 26 heavy (non-hydrogen) atoms. The Bertz CT molecular complexity index is 725. The number of rotatable bonds is 8. The summed E-state index contributed by atoms with van der Waals surface area (Å²) in [7, 11) is -1.64. The summed E-state index contributed by atoms with van der Waals surface area (Å²) in [6, 6.07) is 16.9. The minimum absolute atomic E-state index is 0.0128. The van der Waals surface area contributed by atoms with Gasteiger partial charge in [-0.3, -0.25) is 4.79 Å². The van der Waals surface area contributed by atoms with Crippen molar-refractivity contribution in [3.05, 3.63) is 60.2 Å². The normalized spacial score (nSPS) is 16.3. The zero-order chi connectivity index (χ0) is 18.4. The van der Waals surface area contributed by atoms with Crippen LogP contribution < -0.4 is 14.8 Å². The molecule has 1 aliphatic heterocycles. The fourth-order valence-corrected chi connectivity index (χ4v) is 3.04. The third-order valence-corrected chi connectivity index (χ3v) is 4.38. The van der Waals surface area contributed by atoms with E-state index >= 15 is 0 Å². The molecule has 2 aromatic carbocycles. The summed E-state index contributed by atoms with van der Waals surface area (Å²) in [5.74, 6) is 0.467. The minimum atomic E-state index is -1.64. The molecule has 7 heteroatoms. The molecule has 3 N–H and O–H groups in total. The first kappa shape index (κ1) is 18.3. The van der Waals surface area contributed by atoms with Gasteiger partial charge in [0.25, 0.3) is 0 Å². The van der Waals surface area contributed by atoms with Crippen LogP contribution in [0.5, 0.6) is 11.5 Å². The smallest absolute Gasteiger partial charge is 0.475 e. The molecule has 3 rings (SSSR count). The van der Waals surface area contributed by atoms with E-state index in [0.29, 0.717) is 18.8 Å². The molecule has 1 aliphatic rings. The zero-order valence-electron chi connectivity index (χ0n) is 14.4. The van der Waals surface area contributed by atoms with Crippen LogP contribution in [0.25, 0.3) is 0 Å². The van der Waals surface area contributed by atoms with Crippen LogP contribution in [-0.4, -0.2) is 42.2 Å². The average molecular weight is 355 g/mol. The summed E-state index contributed by atoms with van der Waals surface area (Å²) in [6.07, 6.45) is 0.524. The predicted molar refractivity (Wildman–Crippen MR) is 98.0 cm³/mol. The third kappa shape index (κ3) is 4.77. The van der Waals surface area contributed by atoms with E-state index in [9.17, 15) is 14.8 Å². The minimum Gasteiger partial charge on any atom is -0.493 e. The number of amides is 1. The van der Waals surface area contributed by atoms with Gasteiger partial charge in [-0.25, -0.2) is 0 Å². The molecule has 0 spiro atoms. The number of hydrogen-bond acceptors (Lipinski definition) is 5. The Morgan fingerprint density at radius 2 is 1.92 bits per heavy atom. The first-order valence-electron chi connectivity index (χ1n) is 8.68. The summed E-state index contributed by atoms with van der Waals surface area (Å²) in [6.45, 7) is 0.690. The van der Waals surface area contributed by atoms with Gasteiger partial charge in [0.1, 0.15) is 11.5 Å². The molecule has 6 nitrogen and oxygen atoms in total. The van der Waals surface area contributed by atoms with Crippen LogP contribution in [0.4, 0.5) is 0 Å². The Balaban J connectivity index is 1.50. The van der Waals surface area contributed by atoms with Gasteiger partial charge in [0.2, 0.25) is 5.91 Å². The van der Waals surface area contributed by atoms with Gasteiger partial charge >= 0.3 is 7.12 Å². The monoisotopic (exact) mass is 355 g/mol. The third-order valence-electron chi connectivity index (χ3n) is 4.38. The van der Waals surface area contributed by atoms with Gasteiger partial charge < -0.3 is 24.8 Å². The van der Waals surface area contributed by atoms with Crippen molar-refractivity contribution in [2.75, 3.05) is 13.2 Å². The number of carbonyl (C=O) groups excluding carboxylic acids is 1. The first-order valence-corrected chi connectivity index (χ1v) is 8.68. The van der Waals surface area contributed by atoms with Crippen molar-refractivity contribution < 1.29 is 24.3 Å². The van der Waals surface area contributed by atoms with E-state index in [2.05, 4.69) is 5.32 Å². The van der Waals surface area contributed by atoms with Crippen molar-refractivity contribution >= 4 is 13.0 Å². The molecule has 0 aromatic heterocycles. The molecule has 1 heterocycles. The summed E-state index contributed by atoms with van der Waals surface area (Å²) >= 11 is 0. The largest absolute Gasteiger partial charge is 0.493 e. The molecule has 2 aromatic rings. The molecule has 0 bridgehead atoms. The highest BCUT2D eigenvalue weighted by molar-refractivity contribution is 6.43. The Hall–Kier alpha value is -2.51. The number of benzene rings is 2. The predicted octanol–water partition coefficient (Wildman–Crippen LogP) is 1.52. The molecule has 1 unspecified atom stereocenters. The fourth-order valence-electron chi connectivity index (χ4n) is 3.04. The molecular weight excluding hydrogens is 333 g/mol. The lowest BCUT2D eigenvalue weighted by Crippen LogP contribution is -2.47. The molecular formula is C19H22BNO5. The maximum atomic E-state index is 12.1. The van der Waals surface area contributed by atoms with E-state index < -0.39 is 13.1 Å². The van der Waals surface area contributed by atoms with Crippen molar-refractivity contribution in [1.29, 1.82) is 0 Å². The second-order valence-electron chi connectivity index (χ2n) is 6.28. The lowest BCUT2D eigenvalue weighted by Gasteiger charge is -2.21. The summed E-state index contributed by atoms with van der Waals surface area (Å²) < 4.78 is 11.1. The second kappa shape index (κ2) is 8.73. The van der Waals surface area contributed by atoms with Crippen molar-refractivity contribution in [2.45, 2.75) is 24.7 Å². The van der Waals surface area contributed by atoms with Gasteiger partial charge in [0, 0.05) is 11.5 Å². The second-order valence-corrected chi connectivity index (χ2v) is 6.28. The zero-order valence-corrected chi connectivity index (χ0v) is 14.4. The summed E-state index contributed by atoms with van der Waals surface area (Å²) in [5.41, 5.74) is 1.03. The fraction of sp³-hybridized carbons (Fsp3) is 0.316. The molecule has 1 amide bonds. The van der Waals surface area contributed by atoms with E-state index in [1.807, 2.05) is 54.6 Å². The molecule has 0 radical (unpaired) electrons. The Kier molecular flexibility index (Phi) is 6.14. The highest BCUT2D eigenvalue weighted by Gasteiger charge is 2.32. The molecule has 0 aliphatic carbocycles. The van der Waals surface area contributed by atoms with E-state index in [1.165, 1.54) is 0 Å². The van der Waals surface area contributed by atoms with Crippen LogP contribution in [0.15, 0.2) is 54.6 Å². The molecule has 2 atom stereocenters. The molecule has 0 saturated carbocycles. The van der Waals surface area contributed by atoms with Crippen LogP contribution >= 0.6 is 0 Å². The van der Waals surface area contributed by atoms with Gasteiger partial charge in [-0.15, -0.1) is 0 Å². The van der Waals surface area contributed by atoms with Crippen LogP contribution in [0, 0.1) is 0 Å². The lowest BCUT2D eigenvalue weighted by atomic mass is 9.73. The van der Waals surface area contributed by atoms with Crippen molar-refractivity contribution in [3.63, 3.8) is 0 Å². The topological polar surface area (TPSA) is 88.0 Å². The van der Waals surface area contributed by atoms with E-state index in [0.717, 1.165) is 11.3 Å². The number of para-hydroxylation sites is 2. The summed E-state index contributed by atoms with van der Waals surface area (Å²) in [4.78, 5) is 12.1. The number of hydrogen-bond donors (Lipinski definition) is 3. The highest BCUT2D eigenvalue weighted by atomic mass is 16.5. The first-order chi connectivity index (χ1) is 12.6. The van der Waals surface area contributed by atoms with E-state index in [-0.39, 0.29) is 24.9 Å². The Morgan fingerprint density at radius 1 is 1.19 bits per heavy atom. The lowest BCUT2D eigenvalue weighted by molar-refractivity contribution is -0.122. The number of ether oxygens (including phenoxy) is 2. The van der Waals surface area contributed by atoms with Gasteiger partial charge in [-0.05, 0) is 24.6 Å². The van der Waals surface area contributed by atoms with Gasteiger partial charge in [0.05, 0.1) is 25.6 Å². The van der Waals surface area contributed by atoms with E-state index in [1.54, 1.807) is 0 Å². The van der Waals surface area contributed by atoms with Crippen LogP contribution in [0.2, 0.25) is 0 Å². The summed E-state index contributed by atoms with van der Waals surface area (Å²) in [5, 5.41) is 22.0. The molecule has 0 saturated heterocycles. The van der Waals surface area contributed by atoms with Crippen molar-refractivity contribution in [1.82, 2.24) is 5.32 Å². The van der Waals surface area contributed by atoms with Gasteiger partial charge in [0.15, 0.2) is 0 Å².